The second kappa shape index (κ2) is 7.37. The van der Waals surface area contributed by atoms with Crippen LogP contribution in [0.15, 0.2) is 48.7 Å². The van der Waals surface area contributed by atoms with E-state index < -0.39 is 29.5 Å². The molecule has 5 rings (SSSR count). The number of rotatable bonds is 2. The van der Waals surface area contributed by atoms with E-state index in [-0.39, 0.29) is 18.1 Å². The minimum atomic E-state index is -4.65. The number of alkyl halides is 3. The third kappa shape index (κ3) is 3.33. The highest BCUT2D eigenvalue weighted by Gasteiger charge is 2.38. The lowest BCUT2D eigenvalue weighted by Gasteiger charge is -2.36. The first-order valence-electron chi connectivity index (χ1n) is 9.68. The minimum Gasteiger partial charge on any atom is -0.505 e. The zero-order valence-corrected chi connectivity index (χ0v) is 17.0. The standard InChI is InChI=1S/C22H15ClF4N4O/c23-11-4-5-15-14(10-11)12-7-9-31(21-28-8-6-17(30-21)22(25,26)27)20(19(12)29-15)13-2-1-3-16(32)18(13)24/h1-6,8,10,20,29,32H,7,9H2. The Bertz CT molecular complexity index is 1340. The molecule has 1 atom stereocenters. The summed E-state index contributed by atoms with van der Waals surface area (Å²) in [7, 11) is 0. The number of nitrogens with zero attached hydrogens (tertiary/aromatic N) is 3. The molecule has 5 nitrogen and oxygen atoms in total. The highest BCUT2D eigenvalue weighted by atomic mass is 35.5. The Balaban J connectivity index is 1.73. The van der Waals surface area contributed by atoms with Crippen LogP contribution in [0.3, 0.4) is 0 Å². The highest BCUT2D eigenvalue weighted by molar-refractivity contribution is 6.31. The molecule has 1 aliphatic heterocycles. The molecule has 0 aliphatic carbocycles. The first-order valence-corrected chi connectivity index (χ1v) is 10.1. The van der Waals surface area contributed by atoms with E-state index in [1.165, 1.54) is 23.1 Å². The Labute approximate surface area is 184 Å². The van der Waals surface area contributed by atoms with Crippen molar-refractivity contribution in [3.8, 4) is 5.75 Å². The number of phenols is 1. The highest BCUT2D eigenvalue weighted by Crippen LogP contribution is 2.42. The number of nitrogens with one attached hydrogen (secondary N) is 1. The lowest BCUT2D eigenvalue weighted by Crippen LogP contribution is -2.38. The van der Waals surface area contributed by atoms with Gasteiger partial charge in [0.1, 0.15) is 11.7 Å². The van der Waals surface area contributed by atoms with Gasteiger partial charge in [-0.15, -0.1) is 0 Å². The summed E-state index contributed by atoms with van der Waals surface area (Å²) in [6, 6.07) is 9.35. The molecule has 2 aromatic carbocycles. The van der Waals surface area contributed by atoms with Crippen LogP contribution in [0.5, 0.6) is 5.75 Å². The smallest absolute Gasteiger partial charge is 0.433 e. The van der Waals surface area contributed by atoms with Gasteiger partial charge in [0.2, 0.25) is 5.95 Å². The maximum atomic E-state index is 15.0. The third-order valence-corrected chi connectivity index (χ3v) is 5.82. The SMILES string of the molecule is Oc1cccc(C2c3[nH]c4ccc(Cl)cc4c3CCN2c2nccc(C(F)(F)F)n2)c1F. The first kappa shape index (κ1) is 20.6. The van der Waals surface area contributed by atoms with Gasteiger partial charge < -0.3 is 15.0 Å². The van der Waals surface area contributed by atoms with Crippen molar-refractivity contribution in [1.82, 2.24) is 15.0 Å². The molecule has 1 aliphatic rings. The van der Waals surface area contributed by atoms with Crippen molar-refractivity contribution in [3.63, 3.8) is 0 Å². The zero-order valence-electron chi connectivity index (χ0n) is 16.3. The van der Waals surface area contributed by atoms with Crippen molar-refractivity contribution in [3.05, 3.63) is 82.0 Å². The van der Waals surface area contributed by atoms with Crippen LogP contribution in [-0.2, 0) is 12.6 Å². The van der Waals surface area contributed by atoms with E-state index in [1.54, 1.807) is 18.2 Å². The predicted octanol–water partition coefficient (Wildman–Crippen LogP) is 5.63. The summed E-state index contributed by atoms with van der Waals surface area (Å²) in [5, 5.41) is 11.3. The Morgan fingerprint density at radius 3 is 2.75 bits per heavy atom. The molecule has 164 valence electrons. The summed E-state index contributed by atoms with van der Waals surface area (Å²) in [6.45, 7) is 0.230. The summed E-state index contributed by atoms with van der Waals surface area (Å²) < 4.78 is 54.8. The van der Waals surface area contributed by atoms with Crippen LogP contribution in [0.25, 0.3) is 10.9 Å². The van der Waals surface area contributed by atoms with E-state index in [4.69, 9.17) is 11.6 Å². The molecular weight excluding hydrogens is 448 g/mol. The zero-order chi connectivity index (χ0) is 22.6. The molecule has 10 heteroatoms. The molecule has 0 saturated heterocycles. The molecule has 0 amide bonds. The normalized spacial score (nSPS) is 16.4. The lowest BCUT2D eigenvalue weighted by atomic mass is 9.92. The van der Waals surface area contributed by atoms with Gasteiger partial charge in [0.15, 0.2) is 11.6 Å². The van der Waals surface area contributed by atoms with Crippen molar-refractivity contribution in [2.45, 2.75) is 18.6 Å². The van der Waals surface area contributed by atoms with Crippen molar-refractivity contribution in [2.24, 2.45) is 0 Å². The molecular formula is C22H15ClF4N4O. The first-order chi connectivity index (χ1) is 15.2. The fraction of sp³-hybridized carbons (Fsp3) is 0.182. The second-order valence-electron chi connectivity index (χ2n) is 7.47. The van der Waals surface area contributed by atoms with Gasteiger partial charge >= 0.3 is 6.18 Å². The van der Waals surface area contributed by atoms with Gasteiger partial charge in [-0.2, -0.15) is 13.2 Å². The second-order valence-corrected chi connectivity index (χ2v) is 7.91. The van der Waals surface area contributed by atoms with Crippen LogP contribution in [0, 0.1) is 5.82 Å². The number of aromatic hydroxyl groups is 1. The largest absolute Gasteiger partial charge is 0.505 e. The number of hydrogen-bond acceptors (Lipinski definition) is 4. The number of anilines is 1. The molecule has 0 radical (unpaired) electrons. The van der Waals surface area contributed by atoms with E-state index in [0.29, 0.717) is 17.1 Å². The van der Waals surface area contributed by atoms with E-state index in [1.807, 2.05) is 0 Å². The van der Waals surface area contributed by atoms with Crippen molar-refractivity contribution >= 4 is 28.5 Å². The number of aromatic nitrogens is 3. The molecule has 1 unspecified atom stereocenters. The van der Waals surface area contributed by atoms with Crippen LogP contribution >= 0.6 is 11.6 Å². The number of fused-ring (bicyclic) bond motifs is 3. The van der Waals surface area contributed by atoms with E-state index >= 15 is 4.39 Å². The molecule has 0 spiro atoms. The number of hydrogen-bond donors (Lipinski definition) is 2. The molecule has 2 aromatic heterocycles. The number of benzene rings is 2. The van der Waals surface area contributed by atoms with Gasteiger partial charge in [0, 0.05) is 39.9 Å². The minimum absolute atomic E-state index is 0.0876. The fourth-order valence-corrected chi connectivity index (χ4v) is 4.36. The topological polar surface area (TPSA) is 65.0 Å². The van der Waals surface area contributed by atoms with Crippen molar-refractivity contribution in [2.75, 3.05) is 11.4 Å². The Morgan fingerprint density at radius 1 is 1.16 bits per heavy atom. The molecule has 0 fully saturated rings. The third-order valence-electron chi connectivity index (χ3n) is 5.58. The summed E-state index contributed by atoms with van der Waals surface area (Å²) in [5.74, 6) is -1.60. The lowest BCUT2D eigenvalue weighted by molar-refractivity contribution is -0.141. The van der Waals surface area contributed by atoms with Gasteiger partial charge in [-0.25, -0.2) is 14.4 Å². The predicted molar refractivity (Wildman–Crippen MR) is 111 cm³/mol. The van der Waals surface area contributed by atoms with Crippen LogP contribution in [0.4, 0.5) is 23.5 Å². The van der Waals surface area contributed by atoms with Crippen LogP contribution in [-0.4, -0.2) is 26.6 Å². The molecule has 0 bridgehead atoms. The molecule has 0 saturated carbocycles. The maximum absolute atomic E-state index is 15.0. The number of phenolic OH excluding ortho intramolecular Hbond substituents is 1. The van der Waals surface area contributed by atoms with Crippen molar-refractivity contribution in [1.29, 1.82) is 0 Å². The molecule has 32 heavy (non-hydrogen) atoms. The number of halogens is 5. The van der Waals surface area contributed by atoms with Crippen LogP contribution < -0.4 is 4.90 Å². The molecule has 3 heterocycles. The summed E-state index contributed by atoms with van der Waals surface area (Å²) in [6.07, 6.45) is -3.17. The average molecular weight is 463 g/mol. The van der Waals surface area contributed by atoms with Gasteiger partial charge in [-0.05, 0) is 42.3 Å². The van der Waals surface area contributed by atoms with Crippen LogP contribution in [0.2, 0.25) is 5.02 Å². The average Bonchev–Trinajstić information content (AvgIpc) is 3.12. The number of aromatic amines is 1. The van der Waals surface area contributed by atoms with E-state index in [9.17, 15) is 18.3 Å². The van der Waals surface area contributed by atoms with Gasteiger partial charge in [0.05, 0.1) is 0 Å². The molecule has 4 aromatic rings. The van der Waals surface area contributed by atoms with Gasteiger partial charge in [-0.3, -0.25) is 0 Å². The van der Waals surface area contributed by atoms with Gasteiger partial charge in [-0.1, -0.05) is 23.7 Å². The summed E-state index contributed by atoms with van der Waals surface area (Å²) >= 11 is 6.16. The van der Waals surface area contributed by atoms with E-state index in [2.05, 4.69) is 15.0 Å². The monoisotopic (exact) mass is 462 g/mol. The van der Waals surface area contributed by atoms with E-state index in [0.717, 1.165) is 28.7 Å². The quantitative estimate of drug-likeness (QED) is 0.379. The Kier molecular flexibility index (Phi) is 4.74. The van der Waals surface area contributed by atoms with Gasteiger partial charge in [0.25, 0.3) is 0 Å². The number of H-pyrrole nitrogens is 1. The summed E-state index contributed by atoms with van der Waals surface area (Å²) in [4.78, 5) is 12.5. The molecule has 2 N–H and O–H groups in total. The van der Waals surface area contributed by atoms with Crippen molar-refractivity contribution < 1.29 is 22.7 Å². The fourth-order valence-electron chi connectivity index (χ4n) is 4.19. The Morgan fingerprint density at radius 2 is 1.97 bits per heavy atom. The summed E-state index contributed by atoms with van der Waals surface area (Å²) in [5.41, 5.74) is 1.21. The van der Waals surface area contributed by atoms with Crippen LogP contribution in [0.1, 0.15) is 28.6 Å². The Hall–Kier alpha value is -3.33. The maximum Gasteiger partial charge on any atom is 0.433 e.